The Morgan fingerprint density at radius 3 is 2.39 bits per heavy atom. The molecule has 0 heterocycles. The van der Waals surface area contributed by atoms with Crippen LogP contribution in [0.25, 0.3) is 0 Å². The second kappa shape index (κ2) is 10.3. The van der Waals surface area contributed by atoms with Crippen LogP contribution in [0, 0.1) is 52.3 Å². The summed E-state index contributed by atoms with van der Waals surface area (Å²) in [5.41, 5.74) is 0.982. The molecule has 3 aliphatic carbocycles. The number of hydrogen-bond donors (Lipinski definition) is 1. The van der Waals surface area contributed by atoms with Gasteiger partial charge >= 0.3 is 0 Å². The molecule has 0 aromatic rings. The number of fused-ring (bicyclic) bond motifs is 1. The van der Waals surface area contributed by atoms with Gasteiger partial charge in [0.15, 0.2) is 0 Å². The zero-order valence-corrected chi connectivity index (χ0v) is 21.8. The van der Waals surface area contributed by atoms with E-state index in [4.69, 9.17) is 0 Å². The fraction of sp³-hybridized carbons (Fsp3) is 0.933. The van der Waals surface area contributed by atoms with E-state index in [0.29, 0.717) is 16.7 Å². The summed E-state index contributed by atoms with van der Waals surface area (Å²) < 4.78 is 0. The van der Waals surface area contributed by atoms with Crippen molar-refractivity contribution in [3.63, 3.8) is 0 Å². The Morgan fingerprint density at radius 1 is 1.00 bits per heavy atom. The van der Waals surface area contributed by atoms with Crippen LogP contribution in [-0.4, -0.2) is 11.2 Å². The summed E-state index contributed by atoms with van der Waals surface area (Å²) in [6.45, 7) is 19.1. The van der Waals surface area contributed by atoms with E-state index >= 15 is 0 Å². The lowest BCUT2D eigenvalue weighted by atomic mass is 9.49. The largest absolute Gasteiger partial charge is 0.393 e. The molecule has 0 spiro atoms. The van der Waals surface area contributed by atoms with E-state index in [1.807, 2.05) is 6.08 Å². The first-order valence-corrected chi connectivity index (χ1v) is 13.9. The van der Waals surface area contributed by atoms with Crippen LogP contribution in [0.3, 0.4) is 0 Å². The molecule has 0 unspecified atom stereocenters. The quantitative estimate of drug-likeness (QED) is 0.363. The van der Waals surface area contributed by atoms with Crippen LogP contribution in [-0.2, 0) is 0 Å². The maximum Gasteiger partial charge on any atom is 0.0571 e. The fourth-order valence-corrected chi connectivity index (χ4v) is 9.09. The molecule has 1 nitrogen and oxygen atoms in total. The van der Waals surface area contributed by atoms with Crippen LogP contribution < -0.4 is 0 Å². The van der Waals surface area contributed by atoms with Gasteiger partial charge in [0.2, 0.25) is 0 Å². The number of aliphatic hydroxyl groups excluding tert-OH is 1. The van der Waals surface area contributed by atoms with Gasteiger partial charge in [0.1, 0.15) is 0 Å². The molecule has 0 amide bonds. The summed E-state index contributed by atoms with van der Waals surface area (Å²) in [6.07, 6.45) is 17.8. The van der Waals surface area contributed by atoms with Gasteiger partial charge in [0, 0.05) is 0 Å². The average Bonchev–Trinajstić information content (AvgIpc) is 3.07. The molecular formula is C30H54O. The third-order valence-electron chi connectivity index (χ3n) is 10.8. The predicted octanol–water partition coefficient (Wildman–Crippen LogP) is 8.66. The molecule has 3 rings (SSSR count). The summed E-state index contributed by atoms with van der Waals surface area (Å²) in [7, 11) is 0. The minimum Gasteiger partial charge on any atom is -0.393 e. The molecule has 9 atom stereocenters. The van der Waals surface area contributed by atoms with E-state index in [0.717, 1.165) is 48.3 Å². The highest BCUT2D eigenvalue weighted by molar-refractivity contribution is 5.07. The fourth-order valence-electron chi connectivity index (χ4n) is 9.09. The summed E-state index contributed by atoms with van der Waals surface area (Å²) in [6, 6.07) is 0. The molecule has 0 aromatic heterocycles. The van der Waals surface area contributed by atoms with Crippen molar-refractivity contribution in [3.8, 4) is 0 Å². The first-order chi connectivity index (χ1) is 14.7. The molecule has 0 bridgehead atoms. The minimum atomic E-state index is -0.109. The number of allylic oxidation sites excluding steroid dienone is 1. The van der Waals surface area contributed by atoms with E-state index in [9.17, 15) is 5.11 Å². The van der Waals surface area contributed by atoms with E-state index in [2.05, 4.69) is 48.1 Å². The van der Waals surface area contributed by atoms with Crippen molar-refractivity contribution < 1.29 is 5.11 Å². The molecule has 3 saturated carbocycles. The second-order valence-electron chi connectivity index (χ2n) is 13.1. The first-order valence-electron chi connectivity index (χ1n) is 13.9. The molecule has 1 N–H and O–H groups in total. The smallest absolute Gasteiger partial charge is 0.0571 e. The third kappa shape index (κ3) is 5.12. The van der Waals surface area contributed by atoms with Gasteiger partial charge in [-0.1, -0.05) is 73.3 Å². The predicted molar refractivity (Wildman–Crippen MR) is 135 cm³/mol. The first kappa shape index (κ1) is 25.3. The molecule has 0 radical (unpaired) electrons. The molecule has 0 saturated heterocycles. The molecule has 3 fully saturated rings. The summed E-state index contributed by atoms with van der Waals surface area (Å²) in [5.74, 6) is 5.77. The van der Waals surface area contributed by atoms with Crippen LogP contribution in [0.2, 0.25) is 0 Å². The van der Waals surface area contributed by atoms with Crippen molar-refractivity contribution in [1.82, 2.24) is 0 Å². The average molecular weight is 431 g/mol. The van der Waals surface area contributed by atoms with Crippen LogP contribution in [0.4, 0.5) is 0 Å². The van der Waals surface area contributed by atoms with Crippen molar-refractivity contribution in [2.45, 2.75) is 125 Å². The molecular weight excluding hydrogens is 376 g/mol. The molecule has 1 heteroatoms. The van der Waals surface area contributed by atoms with E-state index in [1.54, 1.807) is 0 Å². The Balaban J connectivity index is 1.72. The standard InChI is InChI=1S/C30H54O/c1-8-11-23-20-29(6,18-17-28(23)31)26-16-19-30(7)25(14-15-27(30)24(26)9-2)22(5)13-10-12-21(3)4/h8,21-28,31H,1,9-20H2,2-7H3/t22-,23+,24-,25-,26+,27+,28-,29+,30-/m1/s1. The highest BCUT2D eigenvalue weighted by atomic mass is 16.3. The lowest BCUT2D eigenvalue weighted by Gasteiger charge is -2.56. The minimum absolute atomic E-state index is 0.109. The van der Waals surface area contributed by atoms with Crippen molar-refractivity contribution in [1.29, 1.82) is 0 Å². The van der Waals surface area contributed by atoms with E-state index in [-0.39, 0.29) is 6.10 Å². The monoisotopic (exact) mass is 430 g/mol. The van der Waals surface area contributed by atoms with Crippen molar-refractivity contribution >= 4 is 0 Å². The Labute approximate surface area is 194 Å². The Bertz CT molecular complexity index is 581. The van der Waals surface area contributed by atoms with Gasteiger partial charge in [0.05, 0.1) is 6.10 Å². The van der Waals surface area contributed by atoms with Crippen molar-refractivity contribution in [3.05, 3.63) is 12.7 Å². The van der Waals surface area contributed by atoms with Gasteiger partial charge in [-0.05, 0) is 104 Å². The maximum absolute atomic E-state index is 10.6. The van der Waals surface area contributed by atoms with E-state index < -0.39 is 0 Å². The van der Waals surface area contributed by atoms with Gasteiger partial charge in [-0.2, -0.15) is 0 Å². The van der Waals surface area contributed by atoms with Gasteiger partial charge in [0.25, 0.3) is 0 Å². The van der Waals surface area contributed by atoms with Gasteiger partial charge < -0.3 is 5.11 Å². The zero-order valence-electron chi connectivity index (χ0n) is 21.8. The van der Waals surface area contributed by atoms with Crippen molar-refractivity contribution in [2.24, 2.45) is 52.3 Å². The topological polar surface area (TPSA) is 20.2 Å². The molecule has 3 aliphatic rings. The van der Waals surface area contributed by atoms with Crippen LogP contribution in [0.1, 0.15) is 119 Å². The highest BCUT2D eigenvalue weighted by Gasteiger charge is 2.57. The normalized spacial score (nSPS) is 44.3. The Morgan fingerprint density at radius 2 is 1.74 bits per heavy atom. The summed E-state index contributed by atoms with van der Waals surface area (Å²) in [5, 5.41) is 10.6. The molecule has 0 aromatic carbocycles. The highest BCUT2D eigenvalue weighted by Crippen LogP contribution is 2.65. The number of rotatable bonds is 9. The lowest BCUT2D eigenvalue weighted by molar-refractivity contribution is -0.0858. The van der Waals surface area contributed by atoms with Gasteiger partial charge in [-0.3, -0.25) is 0 Å². The van der Waals surface area contributed by atoms with E-state index in [1.165, 1.54) is 64.2 Å². The Kier molecular flexibility index (Phi) is 8.43. The van der Waals surface area contributed by atoms with Crippen LogP contribution in [0.15, 0.2) is 12.7 Å². The zero-order chi connectivity index (χ0) is 22.8. The van der Waals surface area contributed by atoms with Crippen LogP contribution >= 0.6 is 0 Å². The van der Waals surface area contributed by atoms with Gasteiger partial charge in [-0.15, -0.1) is 6.58 Å². The molecule has 31 heavy (non-hydrogen) atoms. The molecule has 0 aliphatic heterocycles. The van der Waals surface area contributed by atoms with Crippen LogP contribution in [0.5, 0.6) is 0 Å². The maximum atomic E-state index is 10.6. The number of aliphatic hydroxyl groups is 1. The second-order valence-corrected chi connectivity index (χ2v) is 13.1. The van der Waals surface area contributed by atoms with Gasteiger partial charge in [-0.25, -0.2) is 0 Å². The summed E-state index contributed by atoms with van der Waals surface area (Å²) >= 11 is 0. The Hall–Kier alpha value is -0.300. The lowest BCUT2D eigenvalue weighted by Crippen LogP contribution is -2.49. The third-order valence-corrected chi connectivity index (χ3v) is 10.8. The van der Waals surface area contributed by atoms with Crippen molar-refractivity contribution in [2.75, 3.05) is 0 Å². The SMILES string of the molecule is C=CC[C@H]1C[C@@](C)([C@H]2CC[C@]3(C)[C@@H]([C@H](C)CCCC(C)C)CC[C@H]3[C@@H]2CC)CC[C@H]1O. The molecule has 180 valence electrons. The number of hydrogen-bond acceptors (Lipinski definition) is 1. The summed E-state index contributed by atoms with van der Waals surface area (Å²) in [4.78, 5) is 0.